The van der Waals surface area contributed by atoms with Crippen LogP contribution in [0.3, 0.4) is 0 Å². The van der Waals surface area contributed by atoms with Gasteiger partial charge in [-0.3, -0.25) is 13.9 Å². The van der Waals surface area contributed by atoms with Crippen LogP contribution in [-0.2, 0) is 26.2 Å². The molecule has 3 aromatic carbocycles. The Morgan fingerprint density at radius 2 is 1.60 bits per heavy atom. The number of amides is 2. The molecule has 3 aromatic rings. The summed E-state index contributed by atoms with van der Waals surface area (Å²) in [7, 11) is -1.40. The molecule has 0 saturated carbocycles. The fourth-order valence-corrected chi connectivity index (χ4v) is 6.03. The molecule has 9 nitrogen and oxygen atoms in total. The highest BCUT2D eigenvalue weighted by Crippen LogP contribution is 2.36. The van der Waals surface area contributed by atoms with Crippen LogP contribution in [0, 0.1) is 0 Å². The maximum atomic E-state index is 14.3. The largest absolute Gasteiger partial charge is 0.497 e. The van der Waals surface area contributed by atoms with Gasteiger partial charge in [0.15, 0.2) is 0 Å². The van der Waals surface area contributed by atoms with Crippen molar-refractivity contribution in [2.45, 2.75) is 57.1 Å². The fourth-order valence-electron chi connectivity index (χ4n) is 4.40. The second-order valence-corrected chi connectivity index (χ2v) is 12.0. The number of hydrogen-bond donors (Lipinski definition) is 1. The maximum Gasteiger partial charge on any atom is 0.264 e. The highest BCUT2D eigenvalue weighted by molar-refractivity contribution is 7.92. The molecule has 0 fully saturated rings. The molecule has 0 aliphatic carbocycles. The van der Waals surface area contributed by atoms with E-state index in [0.29, 0.717) is 29.2 Å². The fraction of sp³-hybridized carbons (Fsp3) is 0.355. The quantitative estimate of drug-likeness (QED) is 0.265. The van der Waals surface area contributed by atoms with Gasteiger partial charge in [-0.25, -0.2) is 8.42 Å². The maximum absolute atomic E-state index is 14.3. The Morgan fingerprint density at radius 3 is 2.19 bits per heavy atom. The lowest BCUT2D eigenvalue weighted by Gasteiger charge is -2.34. The summed E-state index contributed by atoms with van der Waals surface area (Å²) in [5, 5.41) is 3.38. The van der Waals surface area contributed by atoms with E-state index >= 15 is 0 Å². The van der Waals surface area contributed by atoms with Crippen LogP contribution < -0.4 is 19.1 Å². The number of nitrogens with zero attached hydrogens (tertiary/aromatic N) is 2. The summed E-state index contributed by atoms with van der Waals surface area (Å²) in [5.41, 5.74) is 0.739. The first-order valence-electron chi connectivity index (χ1n) is 13.7. The van der Waals surface area contributed by atoms with Gasteiger partial charge in [0.2, 0.25) is 11.8 Å². The number of carbonyl (C=O) groups is 2. The number of rotatable bonds is 14. The van der Waals surface area contributed by atoms with Crippen LogP contribution in [0.4, 0.5) is 5.69 Å². The zero-order chi connectivity index (χ0) is 30.9. The van der Waals surface area contributed by atoms with Crippen molar-refractivity contribution >= 4 is 39.1 Å². The van der Waals surface area contributed by atoms with Crippen LogP contribution >= 0.6 is 11.6 Å². The van der Waals surface area contributed by atoms with Crippen molar-refractivity contribution in [1.82, 2.24) is 10.2 Å². The minimum absolute atomic E-state index is 0.000586. The van der Waals surface area contributed by atoms with Gasteiger partial charge in [0.25, 0.3) is 10.0 Å². The van der Waals surface area contributed by atoms with Gasteiger partial charge in [-0.1, -0.05) is 61.8 Å². The highest BCUT2D eigenvalue weighted by atomic mass is 35.5. The number of halogens is 1. The topological polar surface area (TPSA) is 105 Å². The number of carbonyl (C=O) groups excluding carboxylic acids is 2. The summed E-state index contributed by atoms with van der Waals surface area (Å²) in [5.74, 6) is -0.324. The molecule has 3 rings (SSSR count). The molecule has 0 bridgehead atoms. The SMILES string of the molecule is CCC(C)NC(=O)C(CC)N(Cc1ccccc1Cl)C(=O)CN(c1cc(OC)ccc1OC)S(=O)(=O)c1ccccc1. The van der Waals surface area contributed by atoms with Crippen molar-refractivity contribution in [2.24, 2.45) is 0 Å². The molecular formula is C31H38ClN3O6S. The van der Waals surface area contributed by atoms with E-state index in [1.54, 1.807) is 61.5 Å². The Balaban J connectivity index is 2.15. The molecule has 2 unspecified atom stereocenters. The number of sulfonamides is 1. The minimum atomic E-state index is -4.27. The van der Waals surface area contributed by atoms with Crippen molar-refractivity contribution in [3.63, 3.8) is 0 Å². The summed E-state index contributed by atoms with van der Waals surface area (Å²) in [4.78, 5) is 29.1. The van der Waals surface area contributed by atoms with E-state index in [2.05, 4.69) is 5.32 Å². The molecule has 2 atom stereocenters. The molecule has 0 aliphatic rings. The number of methoxy groups -OCH3 is 2. The predicted molar refractivity (Wildman–Crippen MR) is 164 cm³/mol. The second kappa shape index (κ2) is 14.9. The van der Waals surface area contributed by atoms with E-state index in [-0.39, 0.29) is 34.8 Å². The zero-order valence-corrected chi connectivity index (χ0v) is 26.1. The number of nitrogens with one attached hydrogen (secondary N) is 1. The summed E-state index contributed by atoms with van der Waals surface area (Å²) in [6.07, 6.45) is 1.01. The van der Waals surface area contributed by atoms with Crippen LogP contribution in [0.15, 0.2) is 77.7 Å². The molecule has 0 saturated heterocycles. The molecule has 226 valence electrons. The van der Waals surface area contributed by atoms with Gasteiger partial charge >= 0.3 is 0 Å². The van der Waals surface area contributed by atoms with Crippen molar-refractivity contribution in [3.8, 4) is 11.5 Å². The summed E-state index contributed by atoms with van der Waals surface area (Å²) < 4.78 is 40.0. The summed E-state index contributed by atoms with van der Waals surface area (Å²) >= 11 is 6.46. The number of anilines is 1. The lowest BCUT2D eigenvalue weighted by molar-refractivity contribution is -0.140. The Hall–Kier alpha value is -3.76. The Bertz CT molecular complexity index is 1470. The van der Waals surface area contributed by atoms with E-state index in [1.165, 1.54) is 37.3 Å². The monoisotopic (exact) mass is 615 g/mol. The molecule has 0 aromatic heterocycles. The lowest BCUT2D eigenvalue weighted by Crippen LogP contribution is -2.53. The van der Waals surface area contributed by atoms with Gasteiger partial charge in [0.05, 0.1) is 24.8 Å². The van der Waals surface area contributed by atoms with Crippen LogP contribution in [-0.4, -0.2) is 58.0 Å². The third-order valence-corrected chi connectivity index (χ3v) is 9.09. The van der Waals surface area contributed by atoms with Gasteiger partial charge in [-0.15, -0.1) is 0 Å². The van der Waals surface area contributed by atoms with E-state index in [9.17, 15) is 18.0 Å². The van der Waals surface area contributed by atoms with Crippen molar-refractivity contribution < 1.29 is 27.5 Å². The van der Waals surface area contributed by atoms with Gasteiger partial charge in [-0.2, -0.15) is 0 Å². The van der Waals surface area contributed by atoms with Crippen LogP contribution in [0.5, 0.6) is 11.5 Å². The smallest absolute Gasteiger partial charge is 0.264 e. The Morgan fingerprint density at radius 1 is 0.929 bits per heavy atom. The standard InChI is InChI=1S/C31H38ClN3O6S/c1-6-22(3)33-31(37)27(7-2)34(20-23-13-11-12-16-26(23)32)30(36)21-35(42(38,39)25-14-9-8-10-15-25)28-19-24(40-4)17-18-29(28)41-5/h8-19,22,27H,6-7,20-21H2,1-5H3,(H,33,37). The van der Waals surface area contributed by atoms with Crippen molar-refractivity contribution in [1.29, 1.82) is 0 Å². The second-order valence-electron chi connectivity index (χ2n) is 9.72. The van der Waals surface area contributed by atoms with Crippen molar-refractivity contribution in [3.05, 3.63) is 83.4 Å². The minimum Gasteiger partial charge on any atom is -0.497 e. The van der Waals surface area contributed by atoms with E-state index < -0.39 is 28.5 Å². The molecule has 1 N–H and O–H groups in total. The predicted octanol–water partition coefficient (Wildman–Crippen LogP) is 5.27. The molecule has 2 amide bonds. The van der Waals surface area contributed by atoms with Gasteiger partial charge in [-0.05, 0) is 55.7 Å². The highest BCUT2D eigenvalue weighted by Gasteiger charge is 2.35. The molecule has 0 radical (unpaired) electrons. The first-order chi connectivity index (χ1) is 20.1. The third kappa shape index (κ3) is 7.74. The van der Waals surface area contributed by atoms with E-state index in [0.717, 1.165) is 4.31 Å². The normalized spacial score (nSPS) is 12.6. The van der Waals surface area contributed by atoms with Crippen molar-refractivity contribution in [2.75, 3.05) is 25.1 Å². The van der Waals surface area contributed by atoms with E-state index in [1.807, 2.05) is 13.8 Å². The molecule has 0 spiro atoms. The first-order valence-corrected chi connectivity index (χ1v) is 15.5. The van der Waals surface area contributed by atoms with Crippen LogP contribution in [0.25, 0.3) is 0 Å². The number of hydrogen-bond acceptors (Lipinski definition) is 6. The number of benzene rings is 3. The average molecular weight is 616 g/mol. The third-order valence-electron chi connectivity index (χ3n) is 6.95. The van der Waals surface area contributed by atoms with E-state index in [4.69, 9.17) is 21.1 Å². The zero-order valence-electron chi connectivity index (χ0n) is 24.5. The molecule has 11 heteroatoms. The van der Waals surface area contributed by atoms with Crippen LogP contribution in [0.1, 0.15) is 39.2 Å². The van der Waals surface area contributed by atoms with Crippen LogP contribution in [0.2, 0.25) is 5.02 Å². The Labute approximate surface area is 253 Å². The van der Waals surface area contributed by atoms with Gasteiger partial charge in [0.1, 0.15) is 24.1 Å². The van der Waals surface area contributed by atoms with Gasteiger partial charge < -0.3 is 19.7 Å². The molecular weight excluding hydrogens is 578 g/mol. The molecule has 0 heterocycles. The molecule has 42 heavy (non-hydrogen) atoms. The average Bonchev–Trinajstić information content (AvgIpc) is 3.00. The Kier molecular flexibility index (Phi) is 11.6. The lowest BCUT2D eigenvalue weighted by atomic mass is 10.1. The van der Waals surface area contributed by atoms with Gasteiger partial charge in [0, 0.05) is 23.7 Å². The molecule has 0 aliphatic heterocycles. The first kappa shape index (κ1) is 32.8. The summed E-state index contributed by atoms with van der Waals surface area (Å²) in [6, 6.07) is 18.6. The number of ether oxygens (including phenoxy) is 2. The summed E-state index contributed by atoms with van der Waals surface area (Å²) in [6.45, 7) is 5.02.